The van der Waals surface area contributed by atoms with Crippen LogP contribution in [0.5, 0.6) is 0 Å². The molecular weight excluding hydrogens is 180 g/mol. The van der Waals surface area contributed by atoms with Crippen molar-refractivity contribution in [3.05, 3.63) is 41.8 Å². The molecule has 0 spiro atoms. The molecule has 0 fully saturated rings. The molecule has 0 amide bonds. The van der Waals surface area contributed by atoms with Crippen molar-refractivity contribution >= 4 is 0 Å². The Bertz CT molecular complexity index is 345. The summed E-state index contributed by atoms with van der Waals surface area (Å²) in [5.74, 6) is 0. The molecule has 1 radical (unpaired) electrons. The highest BCUT2D eigenvalue weighted by Crippen LogP contribution is 2.35. The summed E-state index contributed by atoms with van der Waals surface area (Å²) in [5.41, 5.74) is 4.34. The lowest BCUT2D eigenvalue weighted by molar-refractivity contribution is 0.528. The molecule has 0 aromatic heterocycles. The average Bonchev–Trinajstić information content (AvgIpc) is 1.99. The summed E-state index contributed by atoms with van der Waals surface area (Å²) < 4.78 is 0. The van der Waals surface area contributed by atoms with E-state index in [0.717, 1.165) is 5.56 Å². The molecule has 0 aliphatic carbocycles. The molecule has 0 saturated heterocycles. The summed E-state index contributed by atoms with van der Waals surface area (Å²) in [7, 11) is 0. The van der Waals surface area contributed by atoms with E-state index in [9.17, 15) is 0 Å². The van der Waals surface area contributed by atoms with Crippen molar-refractivity contribution < 1.29 is 0 Å². The van der Waals surface area contributed by atoms with E-state index in [1.54, 1.807) is 0 Å². The summed E-state index contributed by atoms with van der Waals surface area (Å²) in [4.78, 5) is 0. The lowest BCUT2D eigenvalue weighted by Crippen LogP contribution is -2.23. The van der Waals surface area contributed by atoms with Crippen LogP contribution in [0.25, 0.3) is 0 Å². The van der Waals surface area contributed by atoms with Crippen LogP contribution in [0.15, 0.2) is 18.2 Å². The molecule has 0 unspecified atom stereocenters. The van der Waals surface area contributed by atoms with E-state index in [1.165, 1.54) is 11.1 Å². The lowest BCUT2D eigenvalue weighted by atomic mass is 9.73. The van der Waals surface area contributed by atoms with Gasteiger partial charge in [-0.15, -0.1) is 0 Å². The van der Waals surface area contributed by atoms with Crippen molar-refractivity contribution in [3.8, 4) is 0 Å². The van der Waals surface area contributed by atoms with E-state index in [-0.39, 0.29) is 10.8 Å². The lowest BCUT2D eigenvalue weighted by Gasteiger charge is -2.31. The zero-order valence-corrected chi connectivity index (χ0v) is 10.9. The Morgan fingerprint density at radius 3 is 1.73 bits per heavy atom. The highest BCUT2D eigenvalue weighted by molar-refractivity contribution is 5.44. The highest BCUT2D eigenvalue weighted by atomic mass is 14.3. The Labute approximate surface area is 94.7 Å². The van der Waals surface area contributed by atoms with Crippen molar-refractivity contribution in [1.29, 1.82) is 0 Å². The van der Waals surface area contributed by atoms with Crippen LogP contribution < -0.4 is 0 Å². The van der Waals surface area contributed by atoms with Gasteiger partial charge in [-0.2, -0.15) is 0 Å². The van der Waals surface area contributed by atoms with Gasteiger partial charge in [0, 0.05) is 0 Å². The molecule has 0 aliphatic heterocycles. The van der Waals surface area contributed by atoms with Crippen LogP contribution in [0.4, 0.5) is 0 Å². The Kier molecular flexibility index (Phi) is 3.00. The third-order valence-electron chi connectivity index (χ3n) is 2.71. The summed E-state index contributed by atoms with van der Waals surface area (Å²) >= 11 is 0. The zero-order valence-electron chi connectivity index (χ0n) is 10.9. The molecule has 1 aromatic carbocycles. The third kappa shape index (κ3) is 2.62. The molecule has 0 N–H and O–H groups in total. The Morgan fingerprint density at radius 1 is 0.867 bits per heavy atom. The van der Waals surface area contributed by atoms with Crippen LogP contribution >= 0.6 is 0 Å². The van der Waals surface area contributed by atoms with Crippen molar-refractivity contribution in [2.45, 2.75) is 52.4 Å². The van der Waals surface area contributed by atoms with Crippen LogP contribution in [0.3, 0.4) is 0 Å². The topological polar surface area (TPSA) is 0 Å². The number of rotatable bonds is 0. The minimum atomic E-state index is 0.168. The SMILES string of the molecule is [CH2]c1cccc(C(C)(C)C)c1C(C)(C)C. The maximum atomic E-state index is 4.16. The normalized spacial score (nSPS) is 13.0. The zero-order chi connectivity index (χ0) is 11.9. The molecule has 0 heterocycles. The fraction of sp³-hybridized carbons (Fsp3) is 0.533. The van der Waals surface area contributed by atoms with Gasteiger partial charge in [0.15, 0.2) is 0 Å². The fourth-order valence-corrected chi connectivity index (χ4v) is 2.11. The van der Waals surface area contributed by atoms with Gasteiger partial charge in [-0.1, -0.05) is 59.7 Å². The smallest absolute Gasteiger partial charge is 0.0126 e. The van der Waals surface area contributed by atoms with E-state index in [1.807, 2.05) is 0 Å². The van der Waals surface area contributed by atoms with Crippen LogP contribution in [0, 0.1) is 6.92 Å². The molecule has 0 bridgehead atoms. The summed E-state index contributed by atoms with van der Waals surface area (Å²) in [6.07, 6.45) is 0. The molecule has 15 heavy (non-hydrogen) atoms. The third-order valence-corrected chi connectivity index (χ3v) is 2.71. The van der Waals surface area contributed by atoms with Gasteiger partial charge in [-0.25, -0.2) is 0 Å². The molecule has 83 valence electrons. The highest BCUT2D eigenvalue weighted by Gasteiger charge is 2.25. The minimum absolute atomic E-state index is 0.168. The van der Waals surface area contributed by atoms with E-state index in [0.29, 0.717) is 0 Å². The van der Waals surface area contributed by atoms with E-state index in [2.05, 4.69) is 66.7 Å². The first-order chi connectivity index (χ1) is 6.64. The number of hydrogen-bond acceptors (Lipinski definition) is 0. The first-order valence-corrected chi connectivity index (χ1v) is 5.60. The van der Waals surface area contributed by atoms with E-state index in [4.69, 9.17) is 0 Å². The second-order valence-electron chi connectivity index (χ2n) is 6.34. The van der Waals surface area contributed by atoms with Crippen LogP contribution in [0.1, 0.15) is 58.2 Å². The molecular formula is C15H23. The van der Waals surface area contributed by atoms with Crippen molar-refractivity contribution in [3.63, 3.8) is 0 Å². The number of benzene rings is 1. The quantitative estimate of drug-likeness (QED) is 0.584. The van der Waals surface area contributed by atoms with Gasteiger partial charge in [-0.05, 0) is 34.4 Å². The largest absolute Gasteiger partial charge is 0.0617 e. The molecule has 1 aromatic rings. The summed E-state index contributed by atoms with van der Waals surface area (Å²) in [6, 6.07) is 6.45. The van der Waals surface area contributed by atoms with Gasteiger partial charge in [0.1, 0.15) is 0 Å². The van der Waals surface area contributed by atoms with Gasteiger partial charge in [0.05, 0.1) is 0 Å². The average molecular weight is 203 g/mol. The number of hydrogen-bond donors (Lipinski definition) is 0. The monoisotopic (exact) mass is 203 g/mol. The first-order valence-electron chi connectivity index (χ1n) is 5.60. The molecule has 0 saturated carbocycles. The maximum Gasteiger partial charge on any atom is -0.0126 e. The van der Waals surface area contributed by atoms with Crippen molar-refractivity contribution in [2.75, 3.05) is 0 Å². The summed E-state index contributed by atoms with van der Waals surface area (Å²) in [5, 5.41) is 0. The van der Waals surface area contributed by atoms with Crippen LogP contribution in [-0.4, -0.2) is 0 Å². The molecule has 1 rings (SSSR count). The van der Waals surface area contributed by atoms with Crippen LogP contribution in [-0.2, 0) is 10.8 Å². The molecule has 0 aliphatic rings. The van der Waals surface area contributed by atoms with Crippen molar-refractivity contribution in [1.82, 2.24) is 0 Å². The molecule has 0 nitrogen and oxygen atoms in total. The Morgan fingerprint density at radius 2 is 1.40 bits per heavy atom. The molecule has 0 heteroatoms. The second kappa shape index (κ2) is 3.66. The predicted octanol–water partition coefficient (Wildman–Crippen LogP) is 4.46. The van der Waals surface area contributed by atoms with Gasteiger partial charge < -0.3 is 0 Å². The van der Waals surface area contributed by atoms with Crippen LogP contribution in [0.2, 0.25) is 0 Å². The second-order valence-corrected chi connectivity index (χ2v) is 6.34. The van der Waals surface area contributed by atoms with Crippen molar-refractivity contribution in [2.24, 2.45) is 0 Å². The predicted molar refractivity (Wildman–Crippen MR) is 68.3 cm³/mol. The Balaban J connectivity index is 3.48. The van der Waals surface area contributed by atoms with E-state index >= 15 is 0 Å². The minimum Gasteiger partial charge on any atom is -0.0617 e. The summed E-state index contributed by atoms with van der Waals surface area (Å²) in [6.45, 7) is 17.7. The maximum absolute atomic E-state index is 4.16. The first kappa shape index (κ1) is 12.3. The fourth-order valence-electron chi connectivity index (χ4n) is 2.11. The van der Waals surface area contributed by atoms with E-state index < -0.39 is 0 Å². The van der Waals surface area contributed by atoms with Gasteiger partial charge in [0.25, 0.3) is 0 Å². The Hall–Kier alpha value is -0.780. The van der Waals surface area contributed by atoms with Gasteiger partial charge in [-0.3, -0.25) is 0 Å². The van der Waals surface area contributed by atoms with Gasteiger partial charge in [0.2, 0.25) is 0 Å². The molecule has 0 atom stereocenters. The standard InChI is InChI=1S/C15H23/c1-11-9-8-10-12(14(2,3)4)13(11)15(5,6)7/h8-10H,1H2,2-7H3. The van der Waals surface area contributed by atoms with Gasteiger partial charge >= 0.3 is 0 Å².